The average Bonchev–Trinajstić information content (AvgIpc) is 2.30. The predicted octanol–water partition coefficient (Wildman–Crippen LogP) is 0.997. The van der Waals surface area contributed by atoms with Gasteiger partial charge in [0.05, 0.1) is 0 Å². The Morgan fingerprint density at radius 1 is 1.58 bits per heavy atom. The third-order valence-corrected chi connectivity index (χ3v) is 2.19. The SMILES string of the molecule is CC(C)N1CCN(C(=O)S)C1=N. The number of amides is 1. The van der Waals surface area contributed by atoms with Crippen LogP contribution in [0.15, 0.2) is 0 Å². The van der Waals surface area contributed by atoms with E-state index in [-0.39, 0.29) is 17.2 Å². The molecule has 0 aliphatic carbocycles. The molecule has 1 fully saturated rings. The summed E-state index contributed by atoms with van der Waals surface area (Å²) in [5, 5.41) is 7.26. The molecule has 68 valence electrons. The van der Waals surface area contributed by atoms with E-state index >= 15 is 0 Å². The molecule has 1 amide bonds. The van der Waals surface area contributed by atoms with Crippen LogP contribution in [0.4, 0.5) is 4.79 Å². The minimum atomic E-state index is -0.344. The van der Waals surface area contributed by atoms with Gasteiger partial charge < -0.3 is 4.90 Å². The highest BCUT2D eigenvalue weighted by Gasteiger charge is 2.29. The van der Waals surface area contributed by atoms with Crippen molar-refractivity contribution in [3.8, 4) is 0 Å². The molecule has 0 saturated carbocycles. The standard InChI is InChI=1S/C7H13N3OS/c1-5(2)9-3-4-10(6(9)8)7(11)12/h5,8H,3-4H2,1-2H3,(H,11,12). The summed E-state index contributed by atoms with van der Waals surface area (Å²) in [4.78, 5) is 14.1. The summed E-state index contributed by atoms with van der Waals surface area (Å²) in [6.07, 6.45) is 0. The summed E-state index contributed by atoms with van der Waals surface area (Å²) in [5.74, 6) is 0.269. The van der Waals surface area contributed by atoms with Gasteiger partial charge in [0.25, 0.3) is 5.24 Å². The van der Waals surface area contributed by atoms with Gasteiger partial charge in [0.1, 0.15) is 0 Å². The Labute approximate surface area is 77.4 Å². The fraction of sp³-hybridized carbons (Fsp3) is 0.714. The van der Waals surface area contributed by atoms with Crippen LogP contribution in [0.1, 0.15) is 13.8 Å². The van der Waals surface area contributed by atoms with E-state index in [0.29, 0.717) is 6.54 Å². The third kappa shape index (κ3) is 1.55. The van der Waals surface area contributed by atoms with Gasteiger partial charge in [-0.15, -0.1) is 0 Å². The highest BCUT2D eigenvalue weighted by atomic mass is 32.1. The number of carbonyl (C=O) groups excluding carboxylic acids is 1. The van der Waals surface area contributed by atoms with Crippen LogP contribution in [0, 0.1) is 5.41 Å². The number of nitrogens with zero attached hydrogens (tertiary/aromatic N) is 2. The van der Waals surface area contributed by atoms with E-state index in [1.807, 2.05) is 18.7 Å². The van der Waals surface area contributed by atoms with Crippen molar-refractivity contribution in [1.29, 1.82) is 5.41 Å². The number of hydrogen-bond acceptors (Lipinski definition) is 2. The molecule has 1 rings (SSSR count). The van der Waals surface area contributed by atoms with Crippen molar-refractivity contribution in [2.24, 2.45) is 0 Å². The second-order valence-electron chi connectivity index (χ2n) is 3.04. The van der Waals surface area contributed by atoms with E-state index in [0.717, 1.165) is 6.54 Å². The highest BCUT2D eigenvalue weighted by Crippen LogP contribution is 2.12. The molecule has 12 heavy (non-hydrogen) atoms. The van der Waals surface area contributed by atoms with Crippen molar-refractivity contribution in [3.05, 3.63) is 0 Å². The molecule has 0 radical (unpaired) electrons. The van der Waals surface area contributed by atoms with Crippen LogP contribution in [0.3, 0.4) is 0 Å². The van der Waals surface area contributed by atoms with Crippen LogP contribution in [0.5, 0.6) is 0 Å². The largest absolute Gasteiger partial charge is 0.338 e. The topological polar surface area (TPSA) is 47.4 Å². The van der Waals surface area contributed by atoms with E-state index in [4.69, 9.17) is 5.41 Å². The number of thiol groups is 1. The second kappa shape index (κ2) is 3.35. The quantitative estimate of drug-likeness (QED) is 0.601. The minimum Gasteiger partial charge on any atom is -0.338 e. The summed E-state index contributed by atoms with van der Waals surface area (Å²) in [5.41, 5.74) is 0. The molecule has 0 spiro atoms. The lowest BCUT2D eigenvalue weighted by Crippen LogP contribution is -2.37. The van der Waals surface area contributed by atoms with Crippen LogP contribution in [-0.2, 0) is 0 Å². The van der Waals surface area contributed by atoms with Crippen molar-refractivity contribution in [3.63, 3.8) is 0 Å². The molecule has 0 aromatic heterocycles. The average molecular weight is 187 g/mol. The first-order valence-electron chi connectivity index (χ1n) is 3.89. The smallest absolute Gasteiger partial charge is 0.285 e. The number of hydrogen-bond donors (Lipinski definition) is 2. The molecule has 1 aliphatic heterocycles. The van der Waals surface area contributed by atoms with Crippen LogP contribution < -0.4 is 0 Å². The lowest BCUT2D eigenvalue weighted by Gasteiger charge is -2.22. The fourth-order valence-corrected chi connectivity index (χ4v) is 1.46. The Hall–Kier alpha value is -0.710. The van der Waals surface area contributed by atoms with Crippen molar-refractivity contribution >= 4 is 23.8 Å². The fourth-order valence-electron chi connectivity index (χ4n) is 1.26. The molecule has 1 N–H and O–H groups in total. The van der Waals surface area contributed by atoms with Crippen LogP contribution in [0.2, 0.25) is 0 Å². The Bertz CT molecular complexity index is 217. The van der Waals surface area contributed by atoms with Crippen molar-refractivity contribution < 1.29 is 4.79 Å². The van der Waals surface area contributed by atoms with Crippen LogP contribution in [0.25, 0.3) is 0 Å². The summed E-state index contributed by atoms with van der Waals surface area (Å²) in [6, 6.07) is 0.273. The summed E-state index contributed by atoms with van der Waals surface area (Å²) in [7, 11) is 0. The zero-order chi connectivity index (χ0) is 9.30. The summed E-state index contributed by atoms with van der Waals surface area (Å²) < 4.78 is 0. The monoisotopic (exact) mass is 187 g/mol. The van der Waals surface area contributed by atoms with E-state index in [2.05, 4.69) is 12.6 Å². The Morgan fingerprint density at radius 2 is 2.17 bits per heavy atom. The van der Waals surface area contributed by atoms with Gasteiger partial charge in [-0.2, -0.15) is 0 Å². The number of rotatable bonds is 1. The van der Waals surface area contributed by atoms with Gasteiger partial charge in [0.15, 0.2) is 0 Å². The van der Waals surface area contributed by atoms with Crippen LogP contribution in [-0.4, -0.2) is 40.1 Å². The molecule has 1 saturated heterocycles. The highest BCUT2D eigenvalue weighted by molar-refractivity contribution is 7.96. The van der Waals surface area contributed by atoms with Crippen LogP contribution >= 0.6 is 12.6 Å². The first-order valence-corrected chi connectivity index (χ1v) is 4.34. The molecule has 1 heterocycles. The van der Waals surface area contributed by atoms with Crippen molar-refractivity contribution in [2.45, 2.75) is 19.9 Å². The van der Waals surface area contributed by atoms with Crippen molar-refractivity contribution in [2.75, 3.05) is 13.1 Å². The van der Waals surface area contributed by atoms with Gasteiger partial charge >= 0.3 is 0 Å². The minimum absolute atomic E-state index is 0.269. The lowest BCUT2D eigenvalue weighted by molar-refractivity contribution is 0.246. The molecule has 0 unspecified atom stereocenters. The van der Waals surface area contributed by atoms with Gasteiger partial charge in [-0.1, -0.05) is 12.6 Å². The summed E-state index contributed by atoms with van der Waals surface area (Å²) in [6.45, 7) is 5.32. The maximum Gasteiger partial charge on any atom is 0.285 e. The molecule has 0 atom stereocenters. The maximum absolute atomic E-state index is 10.8. The number of nitrogens with one attached hydrogen (secondary N) is 1. The third-order valence-electron chi connectivity index (χ3n) is 1.95. The lowest BCUT2D eigenvalue weighted by atomic mass is 10.3. The second-order valence-corrected chi connectivity index (χ2v) is 3.43. The zero-order valence-electron chi connectivity index (χ0n) is 7.24. The predicted molar refractivity (Wildman–Crippen MR) is 50.7 cm³/mol. The zero-order valence-corrected chi connectivity index (χ0v) is 8.14. The van der Waals surface area contributed by atoms with Crippen molar-refractivity contribution in [1.82, 2.24) is 9.80 Å². The molecule has 5 heteroatoms. The molecular weight excluding hydrogens is 174 g/mol. The Morgan fingerprint density at radius 3 is 2.42 bits per heavy atom. The molecule has 1 aliphatic rings. The number of guanidine groups is 1. The first kappa shape index (κ1) is 9.38. The van der Waals surface area contributed by atoms with E-state index < -0.39 is 0 Å². The van der Waals surface area contributed by atoms with Gasteiger partial charge in [-0.25, -0.2) is 0 Å². The number of carbonyl (C=O) groups is 1. The van der Waals surface area contributed by atoms with Gasteiger partial charge in [0.2, 0.25) is 5.96 Å². The van der Waals surface area contributed by atoms with E-state index in [9.17, 15) is 4.79 Å². The molecule has 0 aromatic rings. The normalized spacial score (nSPS) is 17.8. The molecule has 4 nitrogen and oxygen atoms in total. The Kier molecular flexibility index (Phi) is 2.62. The van der Waals surface area contributed by atoms with Gasteiger partial charge in [0, 0.05) is 19.1 Å². The maximum atomic E-state index is 10.8. The van der Waals surface area contributed by atoms with E-state index in [1.54, 1.807) is 0 Å². The first-order chi connectivity index (χ1) is 5.54. The molecular formula is C7H13N3OS. The van der Waals surface area contributed by atoms with Gasteiger partial charge in [-0.3, -0.25) is 15.1 Å². The summed E-state index contributed by atoms with van der Waals surface area (Å²) >= 11 is 3.68. The molecule has 0 aromatic carbocycles. The molecule has 0 bridgehead atoms. The van der Waals surface area contributed by atoms with E-state index in [1.165, 1.54) is 4.90 Å². The van der Waals surface area contributed by atoms with Gasteiger partial charge in [-0.05, 0) is 13.8 Å². The Balaban J connectivity index is 2.67.